The maximum absolute atomic E-state index is 12.6. The zero-order valence-electron chi connectivity index (χ0n) is 16.6. The van der Waals surface area contributed by atoms with Crippen LogP contribution in [0.15, 0.2) is 29.2 Å². The number of benzene rings is 1. The summed E-state index contributed by atoms with van der Waals surface area (Å²) in [6.07, 6.45) is 4.36. The number of ether oxygens (including phenoxy) is 2. The quantitative estimate of drug-likeness (QED) is 0.698. The SMILES string of the molecule is CC(OC(=O)c1ccc(S(=O)(=O)N2CCOCC2)cc1)C(=O)NC1CCCCC1. The van der Waals surface area contributed by atoms with Gasteiger partial charge >= 0.3 is 5.97 Å². The molecular weight excluding hydrogens is 396 g/mol. The number of carbonyl (C=O) groups excluding carboxylic acids is 2. The molecule has 1 aliphatic carbocycles. The Bertz CT molecular complexity index is 812. The van der Waals surface area contributed by atoms with Crippen molar-refractivity contribution in [2.24, 2.45) is 0 Å². The highest BCUT2D eigenvalue weighted by atomic mass is 32.2. The number of hydrogen-bond acceptors (Lipinski definition) is 6. The lowest BCUT2D eigenvalue weighted by Gasteiger charge is -2.26. The monoisotopic (exact) mass is 424 g/mol. The third-order valence-corrected chi connectivity index (χ3v) is 7.22. The molecule has 1 atom stereocenters. The number of carbonyl (C=O) groups is 2. The van der Waals surface area contributed by atoms with Crippen molar-refractivity contribution in [1.29, 1.82) is 0 Å². The molecule has 0 bridgehead atoms. The summed E-state index contributed by atoms with van der Waals surface area (Å²) in [6.45, 7) is 2.88. The molecule has 1 saturated carbocycles. The maximum atomic E-state index is 12.6. The Kier molecular flexibility index (Phi) is 7.26. The molecule has 1 saturated heterocycles. The van der Waals surface area contributed by atoms with Crippen LogP contribution in [-0.2, 0) is 24.3 Å². The average Bonchev–Trinajstić information content (AvgIpc) is 2.75. The van der Waals surface area contributed by atoms with E-state index in [1.54, 1.807) is 0 Å². The highest BCUT2D eigenvalue weighted by Gasteiger charge is 2.27. The molecule has 2 fully saturated rings. The number of rotatable bonds is 6. The van der Waals surface area contributed by atoms with E-state index < -0.39 is 22.1 Å². The highest BCUT2D eigenvalue weighted by Crippen LogP contribution is 2.19. The third-order valence-electron chi connectivity index (χ3n) is 5.30. The molecule has 29 heavy (non-hydrogen) atoms. The lowest BCUT2D eigenvalue weighted by molar-refractivity contribution is -0.130. The molecule has 1 amide bonds. The summed E-state index contributed by atoms with van der Waals surface area (Å²) in [6, 6.07) is 5.72. The Hall–Kier alpha value is -1.97. The van der Waals surface area contributed by atoms with Crippen molar-refractivity contribution < 1.29 is 27.5 Å². The zero-order chi connectivity index (χ0) is 20.9. The summed E-state index contributed by atoms with van der Waals surface area (Å²) >= 11 is 0. The number of morpholine rings is 1. The van der Waals surface area contributed by atoms with Gasteiger partial charge in [0.15, 0.2) is 6.10 Å². The van der Waals surface area contributed by atoms with Crippen molar-refractivity contribution in [2.45, 2.75) is 56.1 Å². The van der Waals surface area contributed by atoms with Gasteiger partial charge in [0.25, 0.3) is 5.91 Å². The van der Waals surface area contributed by atoms with Gasteiger partial charge in [0.1, 0.15) is 0 Å². The van der Waals surface area contributed by atoms with Gasteiger partial charge in [0.2, 0.25) is 10.0 Å². The lowest BCUT2D eigenvalue weighted by atomic mass is 9.95. The van der Waals surface area contributed by atoms with E-state index in [4.69, 9.17) is 9.47 Å². The Morgan fingerprint density at radius 1 is 1.10 bits per heavy atom. The van der Waals surface area contributed by atoms with Crippen LogP contribution in [0.2, 0.25) is 0 Å². The van der Waals surface area contributed by atoms with Gasteiger partial charge < -0.3 is 14.8 Å². The fraction of sp³-hybridized carbons (Fsp3) is 0.600. The van der Waals surface area contributed by atoms with Crippen LogP contribution in [0.4, 0.5) is 0 Å². The smallest absolute Gasteiger partial charge is 0.338 e. The van der Waals surface area contributed by atoms with E-state index in [0.717, 1.165) is 25.7 Å². The molecule has 160 valence electrons. The second-order valence-electron chi connectivity index (χ2n) is 7.43. The molecule has 0 aromatic heterocycles. The minimum absolute atomic E-state index is 0.110. The topological polar surface area (TPSA) is 102 Å². The first-order valence-corrected chi connectivity index (χ1v) is 11.5. The van der Waals surface area contributed by atoms with E-state index >= 15 is 0 Å². The molecule has 9 heteroatoms. The molecule has 1 aromatic carbocycles. The molecule has 1 aliphatic heterocycles. The minimum Gasteiger partial charge on any atom is -0.449 e. The molecular formula is C20H28N2O6S. The van der Waals surface area contributed by atoms with E-state index in [-0.39, 0.29) is 22.4 Å². The van der Waals surface area contributed by atoms with E-state index in [9.17, 15) is 18.0 Å². The van der Waals surface area contributed by atoms with Crippen molar-refractivity contribution >= 4 is 21.9 Å². The standard InChI is InChI=1S/C20H28N2O6S/c1-15(19(23)21-17-5-3-2-4-6-17)28-20(24)16-7-9-18(10-8-16)29(25,26)22-11-13-27-14-12-22/h7-10,15,17H,2-6,11-14H2,1H3,(H,21,23). The van der Waals surface area contributed by atoms with Crippen molar-refractivity contribution in [3.8, 4) is 0 Å². The Morgan fingerprint density at radius 2 is 1.72 bits per heavy atom. The number of esters is 1. The summed E-state index contributed by atoms with van der Waals surface area (Å²) in [5, 5.41) is 2.93. The number of sulfonamides is 1. The summed E-state index contributed by atoms with van der Waals surface area (Å²) in [5.41, 5.74) is 0.197. The first-order valence-electron chi connectivity index (χ1n) is 10.1. The largest absolute Gasteiger partial charge is 0.449 e. The highest BCUT2D eigenvalue weighted by molar-refractivity contribution is 7.89. The first-order chi connectivity index (χ1) is 13.9. The van der Waals surface area contributed by atoms with Crippen LogP contribution in [-0.4, -0.2) is 63.0 Å². The minimum atomic E-state index is -3.62. The van der Waals surface area contributed by atoms with E-state index in [2.05, 4.69) is 5.32 Å². The van der Waals surface area contributed by atoms with Crippen LogP contribution >= 0.6 is 0 Å². The average molecular weight is 425 g/mol. The van der Waals surface area contributed by atoms with Crippen LogP contribution in [0.1, 0.15) is 49.4 Å². The molecule has 1 heterocycles. The summed E-state index contributed by atoms with van der Waals surface area (Å²) < 4.78 is 37.1. The summed E-state index contributed by atoms with van der Waals surface area (Å²) in [4.78, 5) is 24.7. The van der Waals surface area contributed by atoms with Gasteiger partial charge in [-0.2, -0.15) is 4.31 Å². The van der Waals surface area contributed by atoms with E-state index in [0.29, 0.717) is 26.3 Å². The van der Waals surface area contributed by atoms with Crippen molar-refractivity contribution in [3.63, 3.8) is 0 Å². The molecule has 1 unspecified atom stereocenters. The van der Waals surface area contributed by atoms with Crippen LogP contribution in [0.25, 0.3) is 0 Å². The lowest BCUT2D eigenvalue weighted by Crippen LogP contribution is -2.42. The predicted molar refractivity (Wildman–Crippen MR) is 106 cm³/mol. The van der Waals surface area contributed by atoms with Crippen LogP contribution in [0.3, 0.4) is 0 Å². The van der Waals surface area contributed by atoms with Crippen LogP contribution < -0.4 is 5.32 Å². The predicted octanol–water partition coefficient (Wildman–Crippen LogP) is 1.70. The van der Waals surface area contributed by atoms with Crippen molar-refractivity contribution in [2.75, 3.05) is 26.3 Å². The van der Waals surface area contributed by atoms with Gasteiger partial charge in [-0.15, -0.1) is 0 Å². The van der Waals surface area contributed by atoms with Gasteiger partial charge in [-0.25, -0.2) is 13.2 Å². The van der Waals surface area contributed by atoms with Gasteiger partial charge in [-0.05, 0) is 44.0 Å². The van der Waals surface area contributed by atoms with Gasteiger partial charge in [0.05, 0.1) is 23.7 Å². The van der Waals surface area contributed by atoms with Gasteiger partial charge in [-0.1, -0.05) is 19.3 Å². The Morgan fingerprint density at radius 3 is 2.34 bits per heavy atom. The Labute approximate surface area is 171 Å². The molecule has 1 aromatic rings. The van der Waals surface area contributed by atoms with Crippen molar-refractivity contribution in [1.82, 2.24) is 9.62 Å². The molecule has 1 N–H and O–H groups in total. The molecule has 8 nitrogen and oxygen atoms in total. The number of hydrogen-bond donors (Lipinski definition) is 1. The molecule has 2 aliphatic rings. The zero-order valence-corrected chi connectivity index (χ0v) is 17.4. The third kappa shape index (κ3) is 5.55. The maximum Gasteiger partial charge on any atom is 0.338 e. The van der Waals surface area contributed by atoms with Crippen LogP contribution in [0, 0.1) is 0 Å². The second-order valence-corrected chi connectivity index (χ2v) is 9.37. The number of nitrogens with one attached hydrogen (secondary N) is 1. The summed E-state index contributed by atoms with van der Waals surface area (Å²) in [5.74, 6) is -0.969. The fourth-order valence-corrected chi connectivity index (χ4v) is 4.95. The summed E-state index contributed by atoms with van der Waals surface area (Å²) in [7, 11) is -3.62. The molecule has 0 radical (unpaired) electrons. The molecule has 3 rings (SSSR count). The number of amides is 1. The van der Waals surface area contributed by atoms with E-state index in [1.807, 2.05) is 0 Å². The fourth-order valence-electron chi connectivity index (χ4n) is 3.55. The van der Waals surface area contributed by atoms with Crippen LogP contribution in [0.5, 0.6) is 0 Å². The van der Waals surface area contributed by atoms with E-state index in [1.165, 1.54) is 41.9 Å². The van der Waals surface area contributed by atoms with Gasteiger partial charge in [0, 0.05) is 19.1 Å². The van der Waals surface area contributed by atoms with Gasteiger partial charge in [-0.3, -0.25) is 4.79 Å². The molecule has 0 spiro atoms. The second kappa shape index (κ2) is 9.69. The normalized spacial score (nSPS) is 20.0. The van der Waals surface area contributed by atoms with Crippen molar-refractivity contribution in [3.05, 3.63) is 29.8 Å². The Balaban J connectivity index is 1.57. The first kappa shape index (κ1) is 21.7. The number of nitrogens with zero attached hydrogens (tertiary/aromatic N) is 1.